The van der Waals surface area contributed by atoms with E-state index in [-0.39, 0.29) is 12.1 Å². The molecule has 1 saturated carbocycles. The van der Waals surface area contributed by atoms with E-state index in [1.807, 2.05) is 41.6 Å². The van der Waals surface area contributed by atoms with Crippen molar-refractivity contribution in [1.82, 2.24) is 4.31 Å². The molecule has 3 atom stereocenters. The molecule has 4 rings (SSSR count). The summed E-state index contributed by atoms with van der Waals surface area (Å²) >= 11 is 0. The molecule has 1 saturated heterocycles. The Balaban J connectivity index is 1.78. The number of hydrogen-bond donors (Lipinski definition) is 0. The van der Waals surface area contributed by atoms with Crippen molar-refractivity contribution in [3.8, 4) is 0 Å². The molecule has 2 aliphatic rings. The zero-order chi connectivity index (χ0) is 17.4. The van der Waals surface area contributed by atoms with Crippen molar-refractivity contribution in [2.45, 2.75) is 56.0 Å². The zero-order valence-electron chi connectivity index (χ0n) is 14.6. The van der Waals surface area contributed by atoms with Gasteiger partial charge in [-0.1, -0.05) is 60.9 Å². The van der Waals surface area contributed by atoms with Gasteiger partial charge >= 0.3 is 0 Å². The Morgan fingerprint density at radius 3 is 2.32 bits per heavy atom. The van der Waals surface area contributed by atoms with Crippen LogP contribution >= 0.6 is 0 Å². The molecule has 3 nitrogen and oxygen atoms in total. The summed E-state index contributed by atoms with van der Waals surface area (Å²) in [6.45, 7) is 1.98. The first-order chi connectivity index (χ1) is 12.1. The predicted molar refractivity (Wildman–Crippen MR) is 99.7 cm³/mol. The van der Waals surface area contributed by atoms with Gasteiger partial charge in [-0.3, -0.25) is 0 Å². The molecular formula is C21H25NO2S. The monoisotopic (exact) mass is 355 g/mol. The van der Waals surface area contributed by atoms with Gasteiger partial charge in [0, 0.05) is 6.04 Å². The van der Waals surface area contributed by atoms with Crippen molar-refractivity contribution < 1.29 is 8.42 Å². The quantitative estimate of drug-likeness (QED) is 0.801. The van der Waals surface area contributed by atoms with Crippen molar-refractivity contribution in [1.29, 1.82) is 0 Å². The highest BCUT2D eigenvalue weighted by Gasteiger charge is 2.48. The summed E-state index contributed by atoms with van der Waals surface area (Å²) in [4.78, 5) is 0.422. The molecule has 132 valence electrons. The highest BCUT2D eigenvalue weighted by atomic mass is 32.2. The van der Waals surface area contributed by atoms with Gasteiger partial charge in [-0.2, -0.15) is 4.31 Å². The molecule has 4 heteroatoms. The first-order valence-electron chi connectivity index (χ1n) is 9.22. The lowest BCUT2D eigenvalue weighted by Gasteiger charge is -2.33. The van der Waals surface area contributed by atoms with Gasteiger partial charge in [-0.15, -0.1) is 0 Å². The fraction of sp³-hybridized carbons (Fsp3) is 0.429. The molecule has 2 aromatic rings. The molecule has 0 radical (unpaired) electrons. The van der Waals surface area contributed by atoms with Crippen LogP contribution in [0.3, 0.4) is 0 Å². The number of fused-ring (bicyclic) bond motifs is 1. The predicted octanol–water partition coefficient (Wildman–Crippen LogP) is 4.69. The highest BCUT2D eigenvalue weighted by molar-refractivity contribution is 7.89. The van der Waals surface area contributed by atoms with Crippen LogP contribution in [0.1, 0.15) is 49.3 Å². The zero-order valence-corrected chi connectivity index (χ0v) is 15.5. The van der Waals surface area contributed by atoms with Crippen LogP contribution in [0.4, 0.5) is 0 Å². The second-order valence-corrected chi connectivity index (χ2v) is 9.27. The number of aryl methyl sites for hydroxylation is 1. The van der Waals surface area contributed by atoms with Crippen LogP contribution < -0.4 is 0 Å². The minimum Gasteiger partial charge on any atom is -0.207 e. The van der Waals surface area contributed by atoms with E-state index in [0.717, 1.165) is 36.8 Å². The number of nitrogens with zero attached hydrogens (tertiary/aromatic N) is 1. The maximum absolute atomic E-state index is 13.5. The topological polar surface area (TPSA) is 37.4 Å². The Hall–Kier alpha value is -1.65. The molecule has 1 aliphatic carbocycles. The van der Waals surface area contributed by atoms with Gasteiger partial charge in [0.05, 0.1) is 10.9 Å². The standard InChI is InChI=1S/C21H25NO2S/c1-16-11-13-19(14-12-16)25(23,24)22-20-10-6-5-9-18(20)15-21(22)17-7-3-2-4-8-17/h2-4,7-8,11-14,18,20-21H,5-6,9-10,15H2,1H3/t18-,20-,21-/m0/s1. The summed E-state index contributed by atoms with van der Waals surface area (Å²) < 4.78 is 28.9. The molecule has 1 heterocycles. The van der Waals surface area contributed by atoms with Gasteiger partial charge in [-0.25, -0.2) is 8.42 Å². The van der Waals surface area contributed by atoms with E-state index in [1.165, 1.54) is 6.42 Å². The third-order valence-corrected chi connectivity index (χ3v) is 7.76. The van der Waals surface area contributed by atoms with E-state index in [1.54, 1.807) is 12.1 Å². The first-order valence-corrected chi connectivity index (χ1v) is 10.7. The van der Waals surface area contributed by atoms with Crippen LogP contribution in [-0.2, 0) is 10.0 Å². The lowest BCUT2D eigenvalue weighted by molar-refractivity contribution is 0.245. The lowest BCUT2D eigenvalue weighted by Crippen LogP contribution is -2.40. The van der Waals surface area contributed by atoms with Crippen LogP contribution in [-0.4, -0.2) is 18.8 Å². The summed E-state index contributed by atoms with van der Waals surface area (Å²) in [5.41, 5.74) is 2.20. The van der Waals surface area contributed by atoms with Crippen LogP contribution in [0, 0.1) is 12.8 Å². The minimum atomic E-state index is -3.49. The van der Waals surface area contributed by atoms with Crippen molar-refractivity contribution in [2.75, 3.05) is 0 Å². The van der Waals surface area contributed by atoms with Gasteiger partial charge in [0.1, 0.15) is 0 Å². The molecular weight excluding hydrogens is 330 g/mol. The summed E-state index contributed by atoms with van der Waals surface area (Å²) in [7, 11) is -3.49. The molecule has 0 amide bonds. The molecule has 0 bridgehead atoms. The van der Waals surface area contributed by atoms with Crippen molar-refractivity contribution in [3.05, 3.63) is 65.7 Å². The van der Waals surface area contributed by atoms with Gasteiger partial charge in [0.15, 0.2) is 0 Å². The molecule has 0 aromatic heterocycles. The maximum Gasteiger partial charge on any atom is 0.243 e. The number of sulfonamides is 1. The number of hydrogen-bond acceptors (Lipinski definition) is 2. The van der Waals surface area contributed by atoms with Gasteiger partial charge < -0.3 is 0 Å². The molecule has 2 fully saturated rings. The van der Waals surface area contributed by atoms with Crippen molar-refractivity contribution >= 4 is 10.0 Å². The highest BCUT2D eigenvalue weighted by Crippen LogP contribution is 2.48. The van der Waals surface area contributed by atoms with Crippen LogP contribution in [0.15, 0.2) is 59.5 Å². The molecule has 1 aliphatic heterocycles. The van der Waals surface area contributed by atoms with Crippen molar-refractivity contribution in [3.63, 3.8) is 0 Å². The fourth-order valence-electron chi connectivity index (χ4n) is 4.56. The van der Waals surface area contributed by atoms with E-state index < -0.39 is 10.0 Å². The molecule has 25 heavy (non-hydrogen) atoms. The van der Waals surface area contributed by atoms with Crippen LogP contribution in [0.25, 0.3) is 0 Å². The van der Waals surface area contributed by atoms with E-state index in [9.17, 15) is 8.42 Å². The molecule has 0 unspecified atom stereocenters. The Labute approximate surface area is 150 Å². The lowest BCUT2D eigenvalue weighted by atomic mass is 9.84. The second kappa shape index (κ2) is 6.58. The summed E-state index contributed by atoms with van der Waals surface area (Å²) in [6, 6.07) is 17.5. The fourth-order valence-corrected chi connectivity index (χ4v) is 6.46. The molecule has 2 aromatic carbocycles. The Bertz CT molecular complexity index is 830. The van der Waals surface area contributed by atoms with Gasteiger partial charge in [-0.05, 0) is 49.8 Å². The number of benzene rings is 2. The summed E-state index contributed by atoms with van der Waals surface area (Å²) in [5.74, 6) is 0.485. The SMILES string of the molecule is Cc1ccc(S(=O)(=O)N2[C@H](c3ccccc3)C[C@@H]3CCCC[C@@H]32)cc1. The third-order valence-electron chi connectivity index (χ3n) is 5.81. The normalized spacial score (nSPS) is 27.2. The van der Waals surface area contributed by atoms with E-state index in [4.69, 9.17) is 0 Å². The van der Waals surface area contributed by atoms with Crippen LogP contribution in [0.5, 0.6) is 0 Å². The molecule has 0 N–H and O–H groups in total. The van der Waals surface area contributed by atoms with Crippen molar-refractivity contribution in [2.24, 2.45) is 5.92 Å². The largest absolute Gasteiger partial charge is 0.243 e. The smallest absolute Gasteiger partial charge is 0.207 e. The Morgan fingerprint density at radius 2 is 1.60 bits per heavy atom. The van der Waals surface area contributed by atoms with Gasteiger partial charge in [0.25, 0.3) is 0 Å². The Kier molecular flexibility index (Phi) is 4.42. The van der Waals surface area contributed by atoms with E-state index in [0.29, 0.717) is 10.8 Å². The minimum absolute atomic E-state index is 0.0411. The molecule has 0 spiro atoms. The van der Waals surface area contributed by atoms with E-state index >= 15 is 0 Å². The summed E-state index contributed by atoms with van der Waals surface area (Å²) in [6.07, 6.45) is 5.43. The van der Waals surface area contributed by atoms with E-state index in [2.05, 4.69) is 12.1 Å². The second-order valence-electron chi connectivity index (χ2n) is 7.42. The first kappa shape index (κ1) is 16.8. The number of rotatable bonds is 3. The maximum atomic E-state index is 13.5. The third kappa shape index (κ3) is 3.02. The average molecular weight is 356 g/mol. The van der Waals surface area contributed by atoms with Gasteiger partial charge in [0.2, 0.25) is 10.0 Å². The van der Waals surface area contributed by atoms with Crippen LogP contribution in [0.2, 0.25) is 0 Å². The average Bonchev–Trinajstić information content (AvgIpc) is 3.03. The Morgan fingerprint density at radius 1 is 0.920 bits per heavy atom. The summed E-state index contributed by atoms with van der Waals surface area (Å²) in [5, 5.41) is 0.